The van der Waals surface area contributed by atoms with E-state index in [0.29, 0.717) is 32.5 Å². The summed E-state index contributed by atoms with van der Waals surface area (Å²) >= 11 is 2.69. The number of carbonyl (C=O) groups is 2. The van der Waals surface area contributed by atoms with E-state index in [9.17, 15) is 20.1 Å². The molecule has 2 aromatic heterocycles. The third kappa shape index (κ3) is 6.30. The van der Waals surface area contributed by atoms with Crippen LogP contribution in [0.15, 0.2) is 29.3 Å². The fourth-order valence-corrected chi connectivity index (χ4v) is 7.08. The number of fused-ring (bicyclic) bond motifs is 1. The van der Waals surface area contributed by atoms with Crippen molar-refractivity contribution >= 4 is 45.8 Å². The Balaban J connectivity index is 1.53. The number of thiophene rings is 1. The van der Waals surface area contributed by atoms with Crippen LogP contribution >= 0.6 is 23.1 Å². The van der Waals surface area contributed by atoms with E-state index in [2.05, 4.69) is 29.4 Å². The molecule has 2 heterocycles. The van der Waals surface area contributed by atoms with Crippen molar-refractivity contribution in [2.24, 2.45) is 0 Å². The first-order chi connectivity index (χ1) is 19.4. The summed E-state index contributed by atoms with van der Waals surface area (Å²) in [4.78, 5) is 31.1. The predicted octanol–water partition coefficient (Wildman–Crippen LogP) is 6.26. The van der Waals surface area contributed by atoms with Gasteiger partial charge in [0, 0.05) is 22.6 Å². The van der Waals surface area contributed by atoms with Gasteiger partial charge in [-0.3, -0.25) is 4.79 Å². The molecule has 206 valence electrons. The molecule has 10 heteroatoms. The van der Waals surface area contributed by atoms with Gasteiger partial charge < -0.3 is 15.8 Å². The summed E-state index contributed by atoms with van der Waals surface area (Å²) in [5.41, 5.74) is 10.3. The number of nitrogens with two attached hydrogens (primary N) is 1. The normalized spacial score (nSPS) is 12.8. The van der Waals surface area contributed by atoms with Crippen LogP contribution in [0.5, 0.6) is 0 Å². The summed E-state index contributed by atoms with van der Waals surface area (Å²) in [6.07, 6.45) is 7.03. The number of nitrogen functional groups attached to an aromatic ring is 1. The van der Waals surface area contributed by atoms with Gasteiger partial charge in [-0.05, 0) is 48.8 Å². The van der Waals surface area contributed by atoms with E-state index in [1.807, 2.05) is 24.3 Å². The molecule has 8 nitrogen and oxygen atoms in total. The number of nitrogens with zero attached hydrogens (tertiary/aromatic N) is 3. The van der Waals surface area contributed by atoms with Crippen molar-refractivity contribution in [3.63, 3.8) is 0 Å². The number of thioether (sulfide) groups is 1. The maximum absolute atomic E-state index is 13.0. The van der Waals surface area contributed by atoms with Gasteiger partial charge in [-0.2, -0.15) is 10.5 Å². The third-order valence-electron chi connectivity index (χ3n) is 6.95. The summed E-state index contributed by atoms with van der Waals surface area (Å²) in [6, 6.07) is 12.0. The fourth-order valence-electron chi connectivity index (χ4n) is 4.85. The number of anilines is 2. The zero-order chi connectivity index (χ0) is 28.6. The second-order valence-corrected chi connectivity index (χ2v) is 11.7. The van der Waals surface area contributed by atoms with E-state index in [1.165, 1.54) is 30.2 Å². The Labute approximate surface area is 242 Å². The van der Waals surface area contributed by atoms with E-state index >= 15 is 0 Å². The van der Waals surface area contributed by atoms with E-state index in [-0.39, 0.29) is 29.3 Å². The first kappa shape index (κ1) is 29.1. The van der Waals surface area contributed by atoms with Crippen LogP contribution in [0.1, 0.15) is 76.5 Å². The van der Waals surface area contributed by atoms with Gasteiger partial charge in [0.15, 0.2) is 0 Å². The highest BCUT2D eigenvalue weighted by Gasteiger charge is 2.26. The monoisotopic (exact) mass is 573 g/mol. The molecular formula is C30H31N5O3S2. The Bertz CT molecular complexity index is 1500. The van der Waals surface area contributed by atoms with Crippen LogP contribution in [0, 0.1) is 22.7 Å². The quantitative estimate of drug-likeness (QED) is 0.237. The molecule has 4 rings (SSSR count). The SMILES string of the molecule is CCc1ccc(-c2c(C#N)c(N)nc(SCCC(=O)Nc3sc4c(c3C(=O)OC)CCCCCC4)c2C#N)cc1. The Morgan fingerprint density at radius 2 is 1.80 bits per heavy atom. The van der Waals surface area contributed by atoms with E-state index in [0.717, 1.165) is 60.9 Å². The van der Waals surface area contributed by atoms with Crippen molar-refractivity contribution in [3.05, 3.63) is 57.0 Å². The molecule has 3 N–H and O–H groups in total. The largest absolute Gasteiger partial charge is 0.465 e. The number of pyridine rings is 1. The number of esters is 1. The minimum Gasteiger partial charge on any atom is -0.465 e. The van der Waals surface area contributed by atoms with Crippen LogP contribution in [-0.4, -0.2) is 29.7 Å². The van der Waals surface area contributed by atoms with Gasteiger partial charge in [-0.15, -0.1) is 23.1 Å². The van der Waals surface area contributed by atoms with Gasteiger partial charge in [0.1, 0.15) is 33.5 Å². The minimum absolute atomic E-state index is 0.0433. The van der Waals surface area contributed by atoms with Gasteiger partial charge in [0.2, 0.25) is 5.91 Å². The molecule has 40 heavy (non-hydrogen) atoms. The summed E-state index contributed by atoms with van der Waals surface area (Å²) < 4.78 is 5.05. The highest BCUT2D eigenvalue weighted by Crippen LogP contribution is 2.38. The van der Waals surface area contributed by atoms with Gasteiger partial charge in [-0.25, -0.2) is 9.78 Å². The lowest BCUT2D eigenvalue weighted by molar-refractivity contribution is -0.115. The average molecular weight is 574 g/mol. The van der Waals surface area contributed by atoms with Crippen LogP contribution in [0.2, 0.25) is 0 Å². The van der Waals surface area contributed by atoms with Crippen LogP contribution in [-0.2, 0) is 28.8 Å². The summed E-state index contributed by atoms with van der Waals surface area (Å²) in [5.74, 6) is -0.312. The molecule has 0 spiro atoms. The highest BCUT2D eigenvalue weighted by atomic mass is 32.2. The predicted molar refractivity (Wildman–Crippen MR) is 158 cm³/mol. The number of amides is 1. The van der Waals surface area contributed by atoms with Crippen molar-refractivity contribution in [2.75, 3.05) is 23.9 Å². The highest BCUT2D eigenvalue weighted by molar-refractivity contribution is 7.99. The molecule has 0 radical (unpaired) electrons. The Morgan fingerprint density at radius 3 is 2.45 bits per heavy atom. The molecule has 1 aliphatic carbocycles. The van der Waals surface area contributed by atoms with Crippen molar-refractivity contribution in [2.45, 2.75) is 63.3 Å². The molecular weight excluding hydrogens is 542 g/mol. The molecule has 0 fully saturated rings. The van der Waals surface area contributed by atoms with Crippen molar-refractivity contribution in [1.82, 2.24) is 4.98 Å². The lowest BCUT2D eigenvalue weighted by Crippen LogP contribution is -2.15. The van der Waals surface area contributed by atoms with Crippen LogP contribution in [0.3, 0.4) is 0 Å². The number of nitriles is 2. The average Bonchev–Trinajstić information content (AvgIpc) is 3.27. The number of rotatable bonds is 8. The van der Waals surface area contributed by atoms with Crippen molar-refractivity contribution in [1.29, 1.82) is 10.5 Å². The van der Waals surface area contributed by atoms with Crippen molar-refractivity contribution < 1.29 is 14.3 Å². The van der Waals surface area contributed by atoms with Gasteiger partial charge in [0.05, 0.1) is 18.2 Å². The number of aryl methyl sites for hydroxylation is 2. The Morgan fingerprint density at radius 1 is 1.10 bits per heavy atom. The second kappa shape index (κ2) is 13.5. The number of benzene rings is 1. The van der Waals surface area contributed by atoms with Gasteiger partial charge in [-0.1, -0.05) is 44.0 Å². The first-order valence-corrected chi connectivity index (χ1v) is 15.1. The van der Waals surface area contributed by atoms with E-state index in [1.54, 1.807) is 0 Å². The molecule has 0 unspecified atom stereocenters. The van der Waals surface area contributed by atoms with E-state index < -0.39 is 5.97 Å². The number of nitrogens with one attached hydrogen (secondary N) is 1. The van der Waals surface area contributed by atoms with Crippen LogP contribution in [0.25, 0.3) is 11.1 Å². The zero-order valence-corrected chi connectivity index (χ0v) is 24.3. The minimum atomic E-state index is -0.432. The lowest BCUT2D eigenvalue weighted by Gasteiger charge is -2.13. The Kier molecular flexibility index (Phi) is 9.81. The molecule has 1 aromatic carbocycles. The third-order valence-corrected chi connectivity index (χ3v) is 9.13. The van der Waals surface area contributed by atoms with Gasteiger partial charge in [0.25, 0.3) is 0 Å². The van der Waals surface area contributed by atoms with Crippen LogP contribution in [0.4, 0.5) is 10.8 Å². The molecule has 1 amide bonds. The smallest absolute Gasteiger partial charge is 0.341 e. The second-order valence-electron chi connectivity index (χ2n) is 9.46. The van der Waals surface area contributed by atoms with Gasteiger partial charge >= 0.3 is 5.97 Å². The first-order valence-electron chi connectivity index (χ1n) is 13.3. The summed E-state index contributed by atoms with van der Waals surface area (Å²) in [5, 5.41) is 23.6. The Hall–Kier alpha value is -3.86. The lowest BCUT2D eigenvalue weighted by atomic mass is 9.96. The zero-order valence-electron chi connectivity index (χ0n) is 22.6. The number of aromatic nitrogens is 1. The summed E-state index contributed by atoms with van der Waals surface area (Å²) in [6.45, 7) is 2.05. The summed E-state index contributed by atoms with van der Waals surface area (Å²) in [7, 11) is 1.35. The molecule has 1 aliphatic rings. The number of carbonyl (C=O) groups excluding carboxylic acids is 2. The molecule has 0 saturated carbocycles. The molecule has 0 saturated heterocycles. The van der Waals surface area contributed by atoms with Crippen LogP contribution < -0.4 is 11.1 Å². The van der Waals surface area contributed by atoms with E-state index in [4.69, 9.17) is 10.5 Å². The molecule has 3 aromatic rings. The number of ether oxygens (including phenoxy) is 1. The molecule has 0 atom stereocenters. The number of methoxy groups -OCH3 is 1. The number of hydrogen-bond acceptors (Lipinski definition) is 9. The fraction of sp³-hybridized carbons (Fsp3) is 0.367. The maximum atomic E-state index is 13.0. The number of hydrogen-bond donors (Lipinski definition) is 2. The maximum Gasteiger partial charge on any atom is 0.341 e. The molecule has 0 aliphatic heterocycles. The van der Waals surface area contributed by atoms with Crippen molar-refractivity contribution in [3.8, 4) is 23.3 Å². The molecule has 0 bridgehead atoms. The standard InChI is InChI=1S/C30H31N5O3S2/c1-3-18-10-12-19(13-11-18)25-21(16-31)27(33)35-28(22(25)17-32)39-15-14-24(36)34-29-26(30(37)38-2)20-8-6-4-5-7-9-23(20)40-29/h10-13H,3-9,14-15H2,1-2H3,(H2,33,35)(H,34,36). The topological polar surface area (TPSA) is 142 Å².